The van der Waals surface area contributed by atoms with Gasteiger partial charge in [0.05, 0.1) is 22.3 Å². The second-order valence-electron chi connectivity index (χ2n) is 9.39. The number of rotatable bonds is 8. The van der Waals surface area contributed by atoms with Gasteiger partial charge in [-0.2, -0.15) is 31.4 Å². The van der Waals surface area contributed by atoms with E-state index in [0.717, 1.165) is 30.0 Å². The summed E-state index contributed by atoms with van der Waals surface area (Å²) < 4.78 is 114. The molecule has 3 heterocycles. The van der Waals surface area contributed by atoms with E-state index in [2.05, 4.69) is 25.1 Å². The molecule has 2 aromatic carbocycles. The number of halogens is 6. The second-order valence-corrected chi connectivity index (χ2v) is 11.2. The van der Waals surface area contributed by atoms with Crippen molar-refractivity contribution in [2.24, 2.45) is 0 Å². The van der Waals surface area contributed by atoms with Crippen LogP contribution in [0.4, 0.5) is 36.8 Å². The van der Waals surface area contributed by atoms with Gasteiger partial charge in [-0.1, -0.05) is 18.2 Å². The Morgan fingerprint density at radius 1 is 0.911 bits per heavy atom. The van der Waals surface area contributed by atoms with E-state index in [9.17, 15) is 39.6 Å². The maximum Gasteiger partial charge on any atom is 0.433 e. The first kappa shape index (κ1) is 31.4. The van der Waals surface area contributed by atoms with Crippen molar-refractivity contribution < 1.29 is 44.3 Å². The molecular formula is C28H20F6N6O4S. The van der Waals surface area contributed by atoms with Gasteiger partial charge in [-0.25, -0.2) is 27.4 Å². The smallest absolute Gasteiger partial charge is 0.404 e. The van der Waals surface area contributed by atoms with Crippen LogP contribution >= 0.6 is 0 Å². The molecule has 0 radical (unpaired) electrons. The Kier molecular flexibility index (Phi) is 8.48. The number of fused-ring (bicyclic) bond motifs is 1. The van der Waals surface area contributed by atoms with Crippen molar-refractivity contribution >= 4 is 27.5 Å². The zero-order valence-corrected chi connectivity index (χ0v) is 23.4. The number of sulfonamides is 1. The molecule has 0 spiro atoms. The van der Waals surface area contributed by atoms with E-state index in [4.69, 9.17) is 4.74 Å². The topological polar surface area (TPSA) is 128 Å². The van der Waals surface area contributed by atoms with E-state index in [1.54, 1.807) is 24.5 Å². The number of benzene rings is 2. The maximum absolute atomic E-state index is 13.9. The SMILES string of the molecule is O=C(Nc1cccc(S(=O)(=O)NCCc2ccncc2)c1)Oc1cnn2c(C(F)(F)F)cc(-c3ccc(C(F)(F)F)cc3)nc12. The lowest BCUT2D eigenvalue weighted by atomic mass is 10.1. The third-order valence-electron chi connectivity index (χ3n) is 6.29. The molecule has 0 bridgehead atoms. The molecule has 0 aliphatic rings. The molecule has 0 aliphatic heterocycles. The van der Waals surface area contributed by atoms with Gasteiger partial charge in [-0.15, -0.1) is 0 Å². The Morgan fingerprint density at radius 3 is 2.29 bits per heavy atom. The van der Waals surface area contributed by atoms with Crippen LogP contribution in [-0.4, -0.2) is 40.6 Å². The van der Waals surface area contributed by atoms with Gasteiger partial charge in [-0.3, -0.25) is 10.3 Å². The first-order chi connectivity index (χ1) is 21.2. The zero-order chi connectivity index (χ0) is 32.4. The summed E-state index contributed by atoms with van der Waals surface area (Å²) in [4.78, 5) is 20.5. The number of carbonyl (C=O) groups excluding carboxylic acids is 1. The minimum Gasteiger partial charge on any atom is -0.404 e. The van der Waals surface area contributed by atoms with Gasteiger partial charge < -0.3 is 4.74 Å². The summed E-state index contributed by atoms with van der Waals surface area (Å²) in [7, 11) is -3.98. The Bertz CT molecular complexity index is 1950. The largest absolute Gasteiger partial charge is 0.433 e. The highest BCUT2D eigenvalue weighted by molar-refractivity contribution is 7.89. The van der Waals surface area contributed by atoms with Crippen LogP contribution in [0.3, 0.4) is 0 Å². The molecule has 0 aliphatic carbocycles. The number of carbonyl (C=O) groups is 1. The molecule has 3 aromatic heterocycles. The van der Waals surface area contributed by atoms with Crippen molar-refractivity contribution in [3.8, 4) is 17.0 Å². The molecule has 45 heavy (non-hydrogen) atoms. The van der Waals surface area contributed by atoms with Gasteiger partial charge in [0.2, 0.25) is 10.0 Å². The van der Waals surface area contributed by atoms with Crippen molar-refractivity contribution in [2.75, 3.05) is 11.9 Å². The van der Waals surface area contributed by atoms with Gasteiger partial charge in [0, 0.05) is 30.2 Å². The molecule has 0 fully saturated rings. The number of hydrogen-bond donors (Lipinski definition) is 2. The monoisotopic (exact) mass is 650 g/mol. The summed E-state index contributed by atoms with van der Waals surface area (Å²) in [5.41, 5.74) is -2.46. The van der Waals surface area contributed by atoms with Gasteiger partial charge in [-0.05, 0) is 60.5 Å². The zero-order valence-electron chi connectivity index (χ0n) is 22.6. The van der Waals surface area contributed by atoms with E-state index >= 15 is 0 Å². The first-order valence-corrected chi connectivity index (χ1v) is 14.3. The lowest BCUT2D eigenvalue weighted by Crippen LogP contribution is -2.26. The maximum atomic E-state index is 13.9. The molecule has 5 rings (SSSR count). The highest BCUT2D eigenvalue weighted by Gasteiger charge is 2.36. The number of amides is 1. The van der Waals surface area contributed by atoms with Crippen LogP contribution in [0.25, 0.3) is 16.9 Å². The predicted octanol–water partition coefficient (Wildman–Crippen LogP) is 5.96. The number of nitrogens with one attached hydrogen (secondary N) is 2. The van der Waals surface area contributed by atoms with Crippen LogP contribution < -0.4 is 14.8 Å². The van der Waals surface area contributed by atoms with Crippen molar-refractivity contribution in [3.05, 3.63) is 102 Å². The molecule has 234 valence electrons. The quantitative estimate of drug-likeness (QED) is 0.199. The highest BCUT2D eigenvalue weighted by atomic mass is 32.2. The summed E-state index contributed by atoms with van der Waals surface area (Å²) in [5, 5.41) is 5.91. The predicted molar refractivity (Wildman–Crippen MR) is 148 cm³/mol. The third-order valence-corrected chi connectivity index (χ3v) is 7.75. The number of ether oxygens (including phenoxy) is 1. The molecule has 1 amide bonds. The second kappa shape index (κ2) is 12.2. The molecule has 17 heteroatoms. The summed E-state index contributed by atoms with van der Waals surface area (Å²) >= 11 is 0. The standard InChI is InChI=1S/C28H20F6N6O4S/c29-27(30,31)19-6-4-18(5-7-19)22-15-24(28(32,33)34)40-25(39-22)23(16-36-40)44-26(41)38-20-2-1-3-21(14-20)45(42,43)37-13-10-17-8-11-35-12-9-17/h1-9,11-12,14-16,37H,10,13H2,(H,38,41). The Hall–Kier alpha value is -5.03. The number of aromatic nitrogens is 4. The van der Waals surface area contributed by atoms with Crippen LogP contribution in [0.5, 0.6) is 5.75 Å². The minimum atomic E-state index is -4.97. The normalized spacial score (nSPS) is 12.3. The summed E-state index contributed by atoms with van der Waals surface area (Å²) in [6, 6.07) is 12.5. The number of hydrogen-bond acceptors (Lipinski definition) is 7. The summed E-state index contributed by atoms with van der Waals surface area (Å²) in [5.74, 6) is -0.506. The summed E-state index contributed by atoms with van der Waals surface area (Å²) in [6.07, 6.45) is -6.47. The summed E-state index contributed by atoms with van der Waals surface area (Å²) in [6.45, 7) is 0.0855. The number of anilines is 1. The van der Waals surface area contributed by atoms with Gasteiger partial charge in [0.1, 0.15) is 0 Å². The van der Waals surface area contributed by atoms with Crippen molar-refractivity contribution in [3.63, 3.8) is 0 Å². The van der Waals surface area contributed by atoms with E-state index in [0.29, 0.717) is 29.1 Å². The van der Waals surface area contributed by atoms with Gasteiger partial charge >= 0.3 is 18.4 Å². The average Bonchev–Trinajstić information content (AvgIpc) is 3.38. The Balaban J connectivity index is 1.35. The van der Waals surface area contributed by atoms with Crippen LogP contribution in [0.15, 0.2) is 90.2 Å². The Morgan fingerprint density at radius 2 is 1.62 bits per heavy atom. The fourth-order valence-electron chi connectivity index (χ4n) is 4.14. The molecule has 10 nitrogen and oxygen atoms in total. The van der Waals surface area contributed by atoms with Crippen molar-refractivity contribution in [1.29, 1.82) is 0 Å². The number of pyridine rings is 1. The van der Waals surface area contributed by atoms with Crippen LogP contribution in [0, 0.1) is 0 Å². The number of nitrogens with zero attached hydrogens (tertiary/aromatic N) is 4. The van der Waals surface area contributed by atoms with Crippen LogP contribution in [0.2, 0.25) is 0 Å². The fraction of sp³-hybridized carbons (Fsp3) is 0.143. The first-order valence-electron chi connectivity index (χ1n) is 12.8. The van der Waals surface area contributed by atoms with E-state index < -0.39 is 51.1 Å². The molecule has 0 atom stereocenters. The van der Waals surface area contributed by atoms with E-state index in [1.807, 2.05) is 0 Å². The van der Waals surface area contributed by atoms with Crippen LogP contribution in [-0.2, 0) is 28.8 Å². The van der Waals surface area contributed by atoms with Gasteiger partial charge in [0.25, 0.3) is 0 Å². The molecule has 0 saturated heterocycles. The molecule has 5 aromatic rings. The Labute approximate surface area is 250 Å². The molecule has 0 saturated carbocycles. The van der Waals surface area contributed by atoms with Crippen molar-refractivity contribution in [1.82, 2.24) is 24.3 Å². The highest BCUT2D eigenvalue weighted by Crippen LogP contribution is 2.35. The van der Waals surface area contributed by atoms with Crippen molar-refractivity contribution in [2.45, 2.75) is 23.7 Å². The van der Waals surface area contributed by atoms with Crippen LogP contribution in [0.1, 0.15) is 16.8 Å². The molecular weight excluding hydrogens is 630 g/mol. The molecule has 0 unspecified atom stereocenters. The van der Waals surface area contributed by atoms with Gasteiger partial charge in [0.15, 0.2) is 17.1 Å². The van der Waals surface area contributed by atoms with E-state index in [-0.39, 0.29) is 28.4 Å². The fourth-order valence-corrected chi connectivity index (χ4v) is 5.22. The van der Waals surface area contributed by atoms with E-state index in [1.165, 1.54) is 18.2 Å². The number of alkyl halides is 6. The lowest BCUT2D eigenvalue weighted by Gasteiger charge is -2.12. The molecule has 2 N–H and O–H groups in total. The lowest BCUT2D eigenvalue weighted by molar-refractivity contribution is -0.142. The average molecular weight is 651 g/mol. The third kappa shape index (κ3) is 7.38. The minimum absolute atomic E-state index is 0.0112.